The fraction of sp³-hybridized carbons (Fsp3) is 0.273. The number of hydrogen-bond donors (Lipinski definition) is 1. The zero-order valence-corrected chi connectivity index (χ0v) is 8.12. The predicted molar refractivity (Wildman–Crippen MR) is 54.6 cm³/mol. The molecule has 4 nitrogen and oxygen atoms in total. The summed E-state index contributed by atoms with van der Waals surface area (Å²) in [5, 5.41) is 0. The van der Waals surface area contributed by atoms with Crippen molar-refractivity contribution in [3.63, 3.8) is 0 Å². The highest BCUT2D eigenvalue weighted by atomic mass is 16.4. The van der Waals surface area contributed by atoms with E-state index in [1.807, 2.05) is 12.3 Å². The quantitative estimate of drug-likeness (QED) is 0.704. The SMILES string of the molecule is O=c1[nH]c2c(o1)-c1ccncc1CCC2. The molecule has 76 valence electrons. The lowest BCUT2D eigenvalue weighted by atomic mass is 10.1. The molecule has 2 aromatic heterocycles. The number of nitrogens with zero attached hydrogens (tertiary/aromatic N) is 1. The summed E-state index contributed by atoms with van der Waals surface area (Å²) in [4.78, 5) is 18.0. The summed E-state index contributed by atoms with van der Waals surface area (Å²) in [5.74, 6) is 0.319. The molecule has 2 aromatic rings. The van der Waals surface area contributed by atoms with Crippen molar-refractivity contribution in [2.24, 2.45) is 0 Å². The fourth-order valence-electron chi connectivity index (χ4n) is 2.06. The van der Waals surface area contributed by atoms with Crippen LogP contribution in [0.5, 0.6) is 0 Å². The predicted octanol–water partition coefficient (Wildman–Crippen LogP) is 1.52. The van der Waals surface area contributed by atoms with E-state index in [-0.39, 0.29) is 5.76 Å². The summed E-state index contributed by atoms with van der Waals surface area (Å²) >= 11 is 0. The second-order valence-corrected chi connectivity index (χ2v) is 3.71. The summed E-state index contributed by atoms with van der Waals surface area (Å²) in [5.41, 5.74) is 3.06. The smallest absolute Gasteiger partial charge is 0.408 e. The van der Waals surface area contributed by atoms with E-state index in [9.17, 15) is 4.79 Å². The van der Waals surface area contributed by atoms with Gasteiger partial charge in [0.05, 0.1) is 5.69 Å². The van der Waals surface area contributed by atoms with Crippen LogP contribution < -0.4 is 5.76 Å². The number of nitrogens with one attached hydrogen (secondary N) is 1. The lowest BCUT2D eigenvalue weighted by Gasteiger charge is -2.01. The van der Waals surface area contributed by atoms with Crippen molar-refractivity contribution in [2.45, 2.75) is 19.3 Å². The minimum Gasteiger partial charge on any atom is -0.408 e. The number of rotatable bonds is 0. The maximum atomic E-state index is 11.1. The highest BCUT2D eigenvalue weighted by Crippen LogP contribution is 2.29. The minimum atomic E-state index is -0.371. The zero-order chi connectivity index (χ0) is 10.3. The number of fused-ring (bicyclic) bond motifs is 3. The van der Waals surface area contributed by atoms with E-state index in [2.05, 4.69) is 9.97 Å². The summed E-state index contributed by atoms with van der Waals surface area (Å²) in [6.45, 7) is 0. The number of hydrogen-bond acceptors (Lipinski definition) is 3. The Balaban J connectivity index is 2.31. The molecule has 0 aliphatic heterocycles. The molecule has 0 bridgehead atoms. The van der Waals surface area contributed by atoms with Crippen LogP contribution >= 0.6 is 0 Å². The van der Waals surface area contributed by atoms with Gasteiger partial charge in [-0.2, -0.15) is 0 Å². The molecule has 0 amide bonds. The Morgan fingerprint density at radius 1 is 1.40 bits per heavy atom. The van der Waals surface area contributed by atoms with Crippen LogP contribution in [0.25, 0.3) is 11.3 Å². The number of H-pyrrole nitrogens is 1. The molecule has 0 saturated heterocycles. The number of aryl methyl sites for hydroxylation is 2. The first-order valence-corrected chi connectivity index (χ1v) is 5.00. The van der Waals surface area contributed by atoms with E-state index in [0.29, 0.717) is 5.76 Å². The standard InChI is InChI=1S/C11H10N2O2/c14-11-13-9-3-1-2-7-6-12-5-4-8(7)10(9)15-11/h4-6H,1-3H2,(H,13,14). The Labute approximate surface area is 86.0 Å². The second-order valence-electron chi connectivity index (χ2n) is 3.71. The number of oxazole rings is 1. The van der Waals surface area contributed by atoms with E-state index in [4.69, 9.17) is 4.42 Å². The third-order valence-electron chi connectivity index (χ3n) is 2.74. The Morgan fingerprint density at radius 2 is 2.33 bits per heavy atom. The van der Waals surface area contributed by atoms with Crippen LogP contribution in [0.4, 0.5) is 0 Å². The van der Waals surface area contributed by atoms with Gasteiger partial charge >= 0.3 is 5.76 Å². The Hall–Kier alpha value is -1.84. The minimum absolute atomic E-state index is 0.371. The number of aromatic amines is 1. The summed E-state index contributed by atoms with van der Waals surface area (Å²) < 4.78 is 5.17. The largest absolute Gasteiger partial charge is 0.417 e. The first-order valence-electron chi connectivity index (χ1n) is 5.00. The molecule has 0 unspecified atom stereocenters. The average molecular weight is 202 g/mol. The van der Waals surface area contributed by atoms with Crippen molar-refractivity contribution in [2.75, 3.05) is 0 Å². The van der Waals surface area contributed by atoms with Crippen LogP contribution in [0, 0.1) is 0 Å². The van der Waals surface area contributed by atoms with Gasteiger partial charge in [-0.25, -0.2) is 4.79 Å². The van der Waals surface area contributed by atoms with E-state index < -0.39 is 0 Å². The molecule has 0 spiro atoms. The molecule has 2 heterocycles. The van der Waals surface area contributed by atoms with Gasteiger partial charge in [0.1, 0.15) is 0 Å². The fourth-order valence-corrected chi connectivity index (χ4v) is 2.06. The molecule has 3 rings (SSSR count). The van der Waals surface area contributed by atoms with E-state index in [0.717, 1.165) is 36.1 Å². The Bertz CT molecular complexity index is 554. The van der Waals surface area contributed by atoms with Crippen LogP contribution in [-0.2, 0) is 12.8 Å². The lowest BCUT2D eigenvalue weighted by molar-refractivity contribution is 0.528. The van der Waals surface area contributed by atoms with Gasteiger partial charge in [0.2, 0.25) is 0 Å². The van der Waals surface area contributed by atoms with Crippen LogP contribution in [0.15, 0.2) is 27.7 Å². The van der Waals surface area contributed by atoms with E-state index in [1.165, 1.54) is 0 Å². The third-order valence-corrected chi connectivity index (χ3v) is 2.74. The molecule has 0 fully saturated rings. The number of pyridine rings is 1. The maximum Gasteiger partial charge on any atom is 0.417 e. The molecule has 0 aromatic carbocycles. The topological polar surface area (TPSA) is 58.9 Å². The third kappa shape index (κ3) is 1.29. The molecule has 0 saturated carbocycles. The first kappa shape index (κ1) is 8.47. The Morgan fingerprint density at radius 3 is 3.27 bits per heavy atom. The van der Waals surface area contributed by atoms with Gasteiger partial charge in [0.15, 0.2) is 5.76 Å². The zero-order valence-electron chi connectivity index (χ0n) is 8.12. The van der Waals surface area contributed by atoms with Gasteiger partial charge in [-0.05, 0) is 30.9 Å². The van der Waals surface area contributed by atoms with Gasteiger partial charge in [-0.1, -0.05) is 0 Å². The summed E-state index contributed by atoms with van der Waals surface area (Å²) in [7, 11) is 0. The average Bonchev–Trinajstić information content (AvgIpc) is 2.52. The molecule has 1 aliphatic rings. The van der Waals surface area contributed by atoms with Crippen molar-refractivity contribution in [1.29, 1.82) is 0 Å². The summed E-state index contributed by atoms with van der Waals surface area (Å²) in [6.07, 6.45) is 6.42. The lowest BCUT2D eigenvalue weighted by Crippen LogP contribution is -1.97. The second kappa shape index (κ2) is 3.08. The molecular weight excluding hydrogens is 192 g/mol. The van der Waals surface area contributed by atoms with Crippen molar-refractivity contribution in [3.05, 3.63) is 40.3 Å². The van der Waals surface area contributed by atoms with Crippen molar-refractivity contribution >= 4 is 0 Å². The van der Waals surface area contributed by atoms with Gasteiger partial charge < -0.3 is 4.42 Å². The molecule has 1 aliphatic carbocycles. The number of aromatic nitrogens is 2. The normalized spacial score (nSPS) is 14.1. The van der Waals surface area contributed by atoms with Gasteiger partial charge in [-0.15, -0.1) is 0 Å². The molecule has 0 atom stereocenters. The molecule has 1 N–H and O–H groups in total. The molecule has 15 heavy (non-hydrogen) atoms. The van der Waals surface area contributed by atoms with Gasteiger partial charge in [-0.3, -0.25) is 9.97 Å². The van der Waals surface area contributed by atoms with Crippen molar-refractivity contribution in [3.8, 4) is 11.3 Å². The monoisotopic (exact) mass is 202 g/mol. The van der Waals surface area contributed by atoms with Crippen LogP contribution in [-0.4, -0.2) is 9.97 Å². The van der Waals surface area contributed by atoms with E-state index >= 15 is 0 Å². The summed E-state index contributed by atoms with van der Waals surface area (Å²) in [6, 6.07) is 1.90. The maximum absolute atomic E-state index is 11.1. The first-order chi connectivity index (χ1) is 7.34. The highest BCUT2D eigenvalue weighted by Gasteiger charge is 2.18. The van der Waals surface area contributed by atoms with Crippen LogP contribution in [0.3, 0.4) is 0 Å². The Kier molecular flexibility index (Phi) is 1.74. The van der Waals surface area contributed by atoms with Crippen molar-refractivity contribution in [1.82, 2.24) is 9.97 Å². The van der Waals surface area contributed by atoms with Crippen LogP contribution in [0.2, 0.25) is 0 Å². The molecular formula is C11H10N2O2. The molecule has 4 heteroatoms. The highest BCUT2D eigenvalue weighted by molar-refractivity contribution is 5.64. The van der Waals surface area contributed by atoms with Crippen molar-refractivity contribution < 1.29 is 4.42 Å². The van der Waals surface area contributed by atoms with E-state index in [1.54, 1.807) is 6.20 Å². The van der Waals surface area contributed by atoms with Gasteiger partial charge in [0, 0.05) is 18.0 Å². The van der Waals surface area contributed by atoms with Crippen LogP contribution in [0.1, 0.15) is 17.7 Å². The molecule has 0 radical (unpaired) electrons. The van der Waals surface area contributed by atoms with Gasteiger partial charge in [0.25, 0.3) is 0 Å².